The minimum Gasteiger partial charge on any atom is -0.508 e. The fraction of sp³-hybridized carbons (Fsp3) is 0.537. The van der Waals surface area contributed by atoms with E-state index in [2.05, 4.69) is 43.3 Å². The molecule has 3 aromatic carbocycles. The van der Waals surface area contributed by atoms with Crippen molar-refractivity contribution in [2.45, 2.75) is 109 Å². The molecule has 246 valence electrons. The molecule has 3 aliphatic carbocycles. The summed E-state index contributed by atoms with van der Waals surface area (Å²) in [4.78, 5) is 15.4. The highest BCUT2D eigenvalue weighted by molar-refractivity contribution is 5.76. The number of phenolic OH excluding ortho intramolecular Hbond substituents is 1. The number of benzene rings is 3. The van der Waals surface area contributed by atoms with Crippen LogP contribution >= 0.6 is 0 Å². The highest BCUT2D eigenvalue weighted by atomic mass is 19.1. The van der Waals surface area contributed by atoms with Crippen molar-refractivity contribution in [3.8, 4) is 5.75 Å². The van der Waals surface area contributed by atoms with Crippen molar-refractivity contribution in [3.63, 3.8) is 0 Å². The Labute approximate surface area is 275 Å². The molecule has 46 heavy (non-hydrogen) atoms. The molecule has 0 aliphatic heterocycles. The van der Waals surface area contributed by atoms with Crippen molar-refractivity contribution >= 4 is 5.91 Å². The molecular weight excluding hydrogens is 573 g/mol. The van der Waals surface area contributed by atoms with Gasteiger partial charge in [-0.25, -0.2) is 4.39 Å². The quantitative estimate of drug-likeness (QED) is 0.187. The van der Waals surface area contributed by atoms with Crippen LogP contribution in [0.25, 0.3) is 0 Å². The third-order valence-corrected chi connectivity index (χ3v) is 11.8. The number of aliphatic hydroxyl groups excluding tert-OH is 1. The summed E-state index contributed by atoms with van der Waals surface area (Å²) in [5.41, 5.74) is 4.29. The van der Waals surface area contributed by atoms with Crippen molar-refractivity contribution in [2.75, 3.05) is 6.54 Å². The van der Waals surface area contributed by atoms with Gasteiger partial charge in [0, 0.05) is 25.4 Å². The number of aryl methyl sites for hydroxylation is 1. The molecule has 1 amide bonds. The highest BCUT2D eigenvalue weighted by Crippen LogP contribution is 2.63. The minimum absolute atomic E-state index is 0.142. The summed E-state index contributed by atoms with van der Waals surface area (Å²) in [5.74, 6) is 1.28. The Morgan fingerprint density at radius 1 is 0.913 bits per heavy atom. The fourth-order valence-corrected chi connectivity index (χ4v) is 9.44. The molecule has 0 aromatic heterocycles. The number of nitrogens with zero attached hydrogens (tertiary/aromatic N) is 1. The molecule has 2 saturated carbocycles. The first-order valence-corrected chi connectivity index (χ1v) is 17.8. The maximum absolute atomic E-state index is 16.1. The molecule has 4 nitrogen and oxygen atoms in total. The summed E-state index contributed by atoms with van der Waals surface area (Å²) < 4.78 is 16.1. The van der Waals surface area contributed by atoms with Gasteiger partial charge in [-0.15, -0.1) is 0 Å². The Balaban J connectivity index is 1.04. The number of phenols is 1. The van der Waals surface area contributed by atoms with E-state index in [-0.39, 0.29) is 28.9 Å². The van der Waals surface area contributed by atoms with Gasteiger partial charge in [0.25, 0.3) is 0 Å². The topological polar surface area (TPSA) is 60.8 Å². The Bertz CT molecular complexity index is 1430. The Kier molecular flexibility index (Phi) is 10.5. The van der Waals surface area contributed by atoms with Crippen molar-refractivity contribution in [1.82, 2.24) is 4.90 Å². The van der Waals surface area contributed by atoms with Crippen molar-refractivity contribution in [3.05, 3.63) is 101 Å². The lowest BCUT2D eigenvalue weighted by Gasteiger charge is -2.54. The molecule has 2 N–H and O–H groups in total. The first kappa shape index (κ1) is 32.7. The molecule has 3 aliphatic rings. The van der Waals surface area contributed by atoms with Crippen LogP contribution in [0, 0.1) is 23.2 Å². The number of aromatic hydroxyl groups is 1. The molecule has 5 heteroatoms. The summed E-state index contributed by atoms with van der Waals surface area (Å²) in [6.07, 6.45) is 9.26. The molecular formula is C41H52FNO3. The maximum Gasteiger partial charge on any atom is 0.222 e. The van der Waals surface area contributed by atoms with Gasteiger partial charge in [0.05, 0.1) is 6.10 Å². The summed E-state index contributed by atoms with van der Waals surface area (Å²) >= 11 is 0. The first-order valence-electron chi connectivity index (χ1n) is 17.8. The van der Waals surface area contributed by atoms with Gasteiger partial charge in [-0.1, -0.05) is 92.9 Å². The van der Waals surface area contributed by atoms with E-state index >= 15 is 4.39 Å². The summed E-state index contributed by atoms with van der Waals surface area (Å²) in [5, 5.41) is 21.2. The van der Waals surface area contributed by atoms with Crippen LogP contribution in [-0.2, 0) is 24.2 Å². The Morgan fingerprint density at radius 3 is 2.39 bits per heavy atom. The number of amides is 1. The molecule has 0 unspecified atom stereocenters. The smallest absolute Gasteiger partial charge is 0.222 e. The molecule has 6 rings (SSSR count). The van der Waals surface area contributed by atoms with Gasteiger partial charge in [-0.2, -0.15) is 0 Å². The zero-order chi connectivity index (χ0) is 32.1. The second kappa shape index (κ2) is 14.7. The van der Waals surface area contributed by atoms with Gasteiger partial charge < -0.3 is 15.1 Å². The van der Waals surface area contributed by atoms with E-state index in [9.17, 15) is 15.0 Å². The SMILES string of the molecule is C[C@]12C[C@H](F)[C@@H]3c4ccc(O)cc4C[C@@H](CCCCCCN(Cc4ccccc4)C(=O)CCCc4ccccc4)[C@H]3[C@@H]1CC[C@@H]2O. The average molecular weight is 626 g/mol. The summed E-state index contributed by atoms with van der Waals surface area (Å²) in [6, 6.07) is 26.2. The molecule has 0 spiro atoms. The van der Waals surface area contributed by atoms with E-state index in [1.54, 1.807) is 6.07 Å². The zero-order valence-corrected chi connectivity index (χ0v) is 27.5. The van der Waals surface area contributed by atoms with Crippen LogP contribution in [0.2, 0.25) is 0 Å². The summed E-state index contributed by atoms with van der Waals surface area (Å²) in [6.45, 7) is 3.55. The number of hydrogen-bond donors (Lipinski definition) is 2. The van der Waals surface area contributed by atoms with E-state index in [0.717, 1.165) is 81.9 Å². The Morgan fingerprint density at radius 2 is 1.63 bits per heavy atom. The normalized spacial score (nSPS) is 28.2. The van der Waals surface area contributed by atoms with Crippen LogP contribution in [0.15, 0.2) is 78.9 Å². The highest BCUT2D eigenvalue weighted by Gasteiger charge is 2.59. The van der Waals surface area contributed by atoms with Crippen LogP contribution < -0.4 is 0 Å². The van der Waals surface area contributed by atoms with Crippen molar-refractivity contribution in [2.24, 2.45) is 23.2 Å². The average Bonchev–Trinajstić information content (AvgIpc) is 3.35. The van der Waals surface area contributed by atoms with Crippen LogP contribution in [0.3, 0.4) is 0 Å². The molecule has 0 bridgehead atoms. The molecule has 0 radical (unpaired) electrons. The second-order valence-corrected chi connectivity index (χ2v) is 14.7. The van der Waals surface area contributed by atoms with E-state index in [1.165, 1.54) is 11.1 Å². The van der Waals surface area contributed by atoms with E-state index in [4.69, 9.17) is 0 Å². The maximum atomic E-state index is 16.1. The van der Waals surface area contributed by atoms with Crippen molar-refractivity contribution < 1.29 is 19.4 Å². The molecule has 7 atom stereocenters. The molecule has 0 heterocycles. The largest absolute Gasteiger partial charge is 0.508 e. The Hall–Kier alpha value is -3.18. The number of halogens is 1. The fourth-order valence-electron chi connectivity index (χ4n) is 9.44. The van der Waals surface area contributed by atoms with Gasteiger partial charge in [0.1, 0.15) is 11.9 Å². The monoisotopic (exact) mass is 625 g/mol. The predicted octanol–water partition coefficient (Wildman–Crippen LogP) is 8.79. The molecule has 2 fully saturated rings. The van der Waals surface area contributed by atoms with Crippen LogP contribution in [0.4, 0.5) is 4.39 Å². The third-order valence-electron chi connectivity index (χ3n) is 11.8. The number of carbonyl (C=O) groups is 1. The third kappa shape index (κ3) is 7.20. The standard InChI is InChI=1S/C41H52FNO3/c1-41-27-36(42)40-34-21-20-33(44)26-32(34)25-31(39(40)35(41)22-23-37(41)45)18-10-2-3-11-24-43(28-30-15-8-5-9-16-30)38(46)19-12-17-29-13-6-4-7-14-29/h4-9,13-16,20-21,26,31,35-37,39-40,44-45H,2-3,10-12,17-19,22-25,27-28H2,1H3/t31-,35+,36+,37+,39+,40+,41+/m1/s1. The number of alkyl halides is 1. The van der Waals surface area contributed by atoms with Gasteiger partial charge in [-0.3, -0.25) is 4.79 Å². The molecule has 0 saturated heterocycles. The first-order chi connectivity index (χ1) is 22.3. The van der Waals surface area contributed by atoms with Crippen molar-refractivity contribution in [1.29, 1.82) is 0 Å². The van der Waals surface area contributed by atoms with Crippen LogP contribution in [0.5, 0.6) is 5.75 Å². The van der Waals surface area contributed by atoms with E-state index < -0.39 is 12.3 Å². The minimum atomic E-state index is -0.967. The predicted molar refractivity (Wildman–Crippen MR) is 182 cm³/mol. The number of fused-ring (bicyclic) bond motifs is 5. The lowest BCUT2D eigenvalue weighted by Crippen LogP contribution is -2.51. The lowest BCUT2D eigenvalue weighted by atomic mass is 9.51. The lowest BCUT2D eigenvalue weighted by molar-refractivity contribution is -0.132. The number of hydrogen-bond acceptors (Lipinski definition) is 3. The number of aliphatic hydroxyl groups is 1. The number of unbranched alkanes of at least 4 members (excludes halogenated alkanes) is 3. The number of rotatable bonds is 13. The van der Waals surface area contributed by atoms with Crippen LogP contribution in [-0.4, -0.2) is 39.8 Å². The number of carbonyl (C=O) groups excluding carboxylic acids is 1. The van der Waals surface area contributed by atoms with Crippen LogP contribution in [0.1, 0.15) is 99.3 Å². The van der Waals surface area contributed by atoms with E-state index in [1.807, 2.05) is 41.3 Å². The van der Waals surface area contributed by atoms with Gasteiger partial charge in [-0.05, 0) is 109 Å². The van der Waals surface area contributed by atoms with Gasteiger partial charge in [0.15, 0.2) is 0 Å². The van der Waals surface area contributed by atoms with Gasteiger partial charge in [0.2, 0.25) is 5.91 Å². The zero-order valence-electron chi connectivity index (χ0n) is 27.5. The van der Waals surface area contributed by atoms with Gasteiger partial charge >= 0.3 is 0 Å². The van der Waals surface area contributed by atoms with E-state index in [0.29, 0.717) is 31.2 Å². The molecule has 3 aromatic rings. The summed E-state index contributed by atoms with van der Waals surface area (Å²) in [7, 11) is 0. The second-order valence-electron chi connectivity index (χ2n) is 14.7.